The molecular formula is C55H33N5O. The Morgan fingerprint density at radius 3 is 1.64 bits per heavy atom. The van der Waals surface area contributed by atoms with Gasteiger partial charge >= 0.3 is 0 Å². The van der Waals surface area contributed by atoms with Crippen molar-refractivity contribution in [1.82, 2.24) is 24.1 Å². The maximum Gasteiger partial charge on any atom is 0.238 e. The van der Waals surface area contributed by atoms with Crippen LogP contribution in [0.4, 0.5) is 0 Å². The third-order valence-corrected chi connectivity index (χ3v) is 12.2. The minimum absolute atomic E-state index is 0.576. The van der Waals surface area contributed by atoms with Gasteiger partial charge in [0, 0.05) is 49.3 Å². The summed E-state index contributed by atoms with van der Waals surface area (Å²) in [4.78, 5) is 15.2. The van der Waals surface area contributed by atoms with E-state index >= 15 is 0 Å². The summed E-state index contributed by atoms with van der Waals surface area (Å²) < 4.78 is 11.1. The topological polar surface area (TPSA) is 57.8 Å². The van der Waals surface area contributed by atoms with Crippen molar-refractivity contribution < 1.29 is 4.74 Å². The molecule has 4 heterocycles. The number of nitrogens with zero attached hydrogens (tertiary/aromatic N) is 5. The fraction of sp³-hybridized carbons (Fsp3) is 0. The maximum absolute atomic E-state index is 6.54. The zero-order valence-electron chi connectivity index (χ0n) is 32.7. The molecule has 6 heteroatoms. The first kappa shape index (κ1) is 33.6. The minimum Gasteiger partial charge on any atom is -0.456 e. The average molecular weight is 780 g/mol. The summed E-state index contributed by atoms with van der Waals surface area (Å²) in [5.74, 6) is 3.60. The Balaban J connectivity index is 1.04. The lowest BCUT2D eigenvalue weighted by Gasteiger charge is -2.22. The molecule has 0 radical (unpaired) electrons. The number of para-hydroxylation sites is 3. The summed E-state index contributed by atoms with van der Waals surface area (Å²) in [7, 11) is 0. The fourth-order valence-electron chi connectivity index (χ4n) is 9.45. The van der Waals surface area contributed by atoms with Crippen LogP contribution in [0.5, 0.6) is 11.5 Å². The van der Waals surface area contributed by atoms with Crippen molar-refractivity contribution in [3.8, 4) is 68.2 Å². The summed E-state index contributed by atoms with van der Waals surface area (Å²) >= 11 is 0. The van der Waals surface area contributed by atoms with E-state index in [1.807, 2.05) is 66.7 Å². The van der Waals surface area contributed by atoms with E-state index in [2.05, 4.69) is 143 Å². The van der Waals surface area contributed by atoms with Crippen LogP contribution in [0.25, 0.3) is 111 Å². The minimum atomic E-state index is 0.576. The van der Waals surface area contributed by atoms with Gasteiger partial charge in [0.15, 0.2) is 11.6 Å². The Morgan fingerprint density at radius 2 is 0.902 bits per heavy atom. The summed E-state index contributed by atoms with van der Waals surface area (Å²) in [5.41, 5.74) is 11.9. The second kappa shape index (κ2) is 13.1. The van der Waals surface area contributed by atoms with Crippen LogP contribution in [0.2, 0.25) is 0 Å². The molecule has 0 saturated carbocycles. The van der Waals surface area contributed by atoms with E-state index in [1.165, 1.54) is 21.7 Å². The zero-order chi connectivity index (χ0) is 40.0. The standard InChI is InChI=1S/C55H33N5O/c1-4-15-34(16-5-1)53-56-54(35-17-6-2-7-18-35)58-55(57-53)60-45-24-12-10-21-39(45)42-31-36(27-29-46(42)60)37-28-30-47-44(32-37)51-41-23-14-26-50-52(41)43(40-22-11-13-25-49(40)61-50)33-48(51)59(47)38-19-8-3-9-20-38/h1-33H. The number of fused-ring (bicyclic) bond motifs is 9. The van der Waals surface area contributed by atoms with E-state index in [9.17, 15) is 0 Å². The van der Waals surface area contributed by atoms with Gasteiger partial charge in [-0.25, -0.2) is 4.98 Å². The van der Waals surface area contributed by atoms with E-state index < -0.39 is 0 Å². The molecule has 0 N–H and O–H groups in total. The fourth-order valence-corrected chi connectivity index (χ4v) is 9.45. The van der Waals surface area contributed by atoms with Crippen LogP contribution in [-0.4, -0.2) is 24.1 Å². The molecule has 0 spiro atoms. The number of benzene rings is 9. The predicted molar refractivity (Wildman–Crippen MR) is 248 cm³/mol. The molecule has 1 aliphatic heterocycles. The zero-order valence-corrected chi connectivity index (χ0v) is 32.7. The van der Waals surface area contributed by atoms with Crippen molar-refractivity contribution in [2.45, 2.75) is 0 Å². The van der Waals surface area contributed by atoms with Gasteiger partial charge in [-0.05, 0) is 82.7 Å². The molecule has 9 aromatic carbocycles. The van der Waals surface area contributed by atoms with Gasteiger partial charge in [0.05, 0.1) is 22.1 Å². The van der Waals surface area contributed by atoms with Gasteiger partial charge in [-0.3, -0.25) is 4.57 Å². The highest BCUT2D eigenvalue weighted by Crippen LogP contribution is 2.51. The summed E-state index contributed by atoms with van der Waals surface area (Å²) in [6, 6.07) is 70.3. The van der Waals surface area contributed by atoms with Gasteiger partial charge in [0.25, 0.3) is 0 Å². The lowest BCUT2D eigenvalue weighted by atomic mass is 9.91. The van der Waals surface area contributed by atoms with E-state index in [4.69, 9.17) is 19.7 Å². The van der Waals surface area contributed by atoms with Gasteiger partial charge in [0.2, 0.25) is 5.95 Å². The van der Waals surface area contributed by atoms with Crippen LogP contribution in [0.15, 0.2) is 200 Å². The quantitative estimate of drug-likeness (QED) is 0.175. The molecule has 0 amide bonds. The van der Waals surface area contributed by atoms with Crippen molar-refractivity contribution in [2.24, 2.45) is 0 Å². The Labute approximate surface area is 350 Å². The van der Waals surface area contributed by atoms with Crippen LogP contribution < -0.4 is 4.74 Å². The van der Waals surface area contributed by atoms with Gasteiger partial charge in [-0.1, -0.05) is 140 Å². The summed E-state index contributed by atoms with van der Waals surface area (Å²) in [6.45, 7) is 0. The van der Waals surface area contributed by atoms with Crippen LogP contribution in [0.1, 0.15) is 0 Å². The van der Waals surface area contributed by atoms with Crippen molar-refractivity contribution in [3.05, 3.63) is 200 Å². The third kappa shape index (κ3) is 5.12. The van der Waals surface area contributed by atoms with Crippen LogP contribution in [0, 0.1) is 0 Å². The van der Waals surface area contributed by atoms with Crippen LogP contribution in [0.3, 0.4) is 0 Å². The lowest BCUT2D eigenvalue weighted by molar-refractivity contribution is 0.487. The van der Waals surface area contributed by atoms with E-state index in [-0.39, 0.29) is 0 Å². The number of ether oxygens (including phenoxy) is 1. The molecule has 0 atom stereocenters. The Bertz CT molecular complexity index is 3660. The normalized spacial score (nSPS) is 12.1. The van der Waals surface area contributed by atoms with Gasteiger partial charge in [-0.15, -0.1) is 0 Å². The summed E-state index contributed by atoms with van der Waals surface area (Å²) in [5, 5.41) is 6.97. The van der Waals surface area contributed by atoms with Gasteiger partial charge < -0.3 is 9.30 Å². The summed E-state index contributed by atoms with van der Waals surface area (Å²) in [6.07, 6.45) is 0. The largest absolute Gasteiger partial charge is 0.456 e. The first-order chi connectivity index (χ1) is 30.2. The third-order valence-electron chi connectivity index (χ3n) is 12.2. The molecule has 284 valence electrons. The molecule has 0 aliphatic carbocycles. The number of rotatable bonds is 5. The highest BCUT2D eigenvalue weighted by atomic mass is 16.5. The van der Waals surface area contributed by atoms with Crippen molar-refractivity contribution in [3.63, 3.8) is 0 Å². The van der Waals surface area contributed by atoms with Crippen LogP contribution >= 0.6 is 0 Å². The monoisotopic (exact) mass is 779 g/mol. The Morgan fingerprint density at radius 1 is 0.328 bits per heavy atom. The molecule has 0 unspecified atom stereocenters. The number of hydrogen-bond acceptors (Lipinski definition) is 4. The molecule has 61 heavy (non-hydrogen) atoms. The first-order valence-corrected chi connectivity index (χ1v) is 20.5. The molecule has 0 saturated heterocycles. The Kier molecular flexibility index (Phi) is 7.21. The van der Waals surface area contributed by atoms with Gasteiger partial charge in [-0.2, -0.15) is 9.97 Å². The predicted octanol–water partition coefficient (Wildman–Crippen LogP) is 14.0. The molecule has 3 aromatic heterocycles. The van der Waals surface area contributed by atoms with E-state index in [0.717, 1.165) is 83.2 Å². The number of hydrogen-bond donors (Lipinski definition) is 0. The highest BCUT2D eigenvalue weighted by molar-refractivity contribution is 6.26. The second-order valence-corrected chi connectivity index (χ2v) is 15.6. The van der Waals surface area contributed by atoms with Gasteiger partial charge in [0.1, 0.15) is 11.5 Å². The van der Waals surface area contributed by atoms with E-state index in [1.54, 1.807) is 0 Å². The molecular weight excluding hydrogens is 747 g/mol. The molecule has 1 aliphatic rings. The van der Waals surface area contributed by atoms with Crippen molar-refractivity contribution in [2.75, 3.05) is 0 Å². The van der Waals surface area contributed by atoms with E-state index in [0.29, 0.717) is 17.6 Å². The van der Waals surface area contributed by atoms with Crippen molar-refractivity contribution in [1.29, 1.82) is 0 Å². The molecule has 6 nitrogen and oxygen atoms in total. The Hall–Kier alpha value is -8.35. The van der Waals surface area contributed by atoms with Crippen molar-refractivity contribution >= 4 is 54.4 Å². The molecule has 0 fully saturated rings. The molecule has 13 rings (SSSR count). The molecule has 0 bridgehead atoms. The average Bonchev–Trinajstić information content (AvgIpc) is 3.84. The second-order valence-electron chi connectivity index (χ2n) is 15.6. The first-order valence-electron chi connectivity index (χ1n) is 20.5. The maximum atomic E-state index is 6.54. The highest BCUT2D eigenvalue weighted by Gasteiger charge is 2.25. The smallest absolute Gasteiger partial charge is 0.238 e. The number of aromatic nitrogens is 5. The lowest BCUT2D eigenvalue weighted by Crippen LogP contribution is -2.06. The SMILES string of the molecule is c1ccc(-c2nc(-c3ccccc3)nc(-n3c4ccccc4c4cc(-c5ccc6c(c5)c5c7cccc8c7c(cc5n6-c5ccccc5)-c5ccccc5O8)ccc43)n2)cc1. The molecule has 12 aromatic rings. The van der Waals surface area contributed by atoms with Crippen LogP contribution in [-0.2, 0) is 0 Å².